The number of nitrogens with zero attached hydrogens (tertiary/aromatic N) is 1. The minimum Gasteiger partial charge on any atom is -0.479 e. The fourth-order valence-electron chi connectivity index (χ4n) is 3.88. The minimum atomic E-state index is -1.29. The molecule has 0 spiro atoms. The third kappa shape index (κ3) is 5.64. The van der Waals surface area contributed by atoms with Crippen molar-refractivity contribution in [3.63, 3.8) is 0 Å². The number of hydrogen-bond donors (Lipinski definition) is 4. The molecule has 3 aromatic carbocycles. The molecule has 0 fully saturated rings. The molecule has 0 bridgehead atoms. The lowest BCUT2D eigenvalue weighted by molar-refractivity contribution is -0.142. The van der Waals surface area contributed by atoms with E-state index in [0.717, 1.165) is 5.56 Å². The second-order valence-corrected chi connectivity index (χ2v) is 8.03. The molecule has 35 heavy (non-hydrogen) atoms. The number of carboxylic acid groups (broad SMARTS) is 1. The number of anilines is 2. The summed E-state index contributed by atoms with van der Waals surface area (Å²) >= 11 is 0. The predicted molar refractivity (Wildman–Crippen MR) is 130 cm³/mol. The summed E-state index contributed by atoms with van der Waals surface area (Å²) in [5.74, 6) is -2.25. The van der Waals surface area contributed by atoms with E-state index in [9.17, 15) is 24.3 Å². The second kappa shape index (κ2) is 10.5. The molecule has 9 heteroatoms. The fourth-order valence-corrected chi connectivity index (χ4v) is 3.88. The first-order valence-electron chi connectivity index (χ1n) is 11.0. The number of rotatable bonds is 7. The number of hydrogen-bond acceptors (Lipinski definition) is 4. The van der Waals surface area contributed by atoms with Crippen molar-refractivity contribution in [3.05, 3.63) is 96.1 Å². The number of carbonyl (C=O) groups excluding carboxylic acids is 3. The highest BCUT2D eigenvalue weighted by Gasteiger charge is 2.32. The Bertz CT molecular complexity index is 1230. The molecule has 1 aliphatic heterocycles. The zero-order chi connectivity index (χ0) is 24.8. The third-order valence-corrected chi connectivity index (χ3v) is 5.58. The van der Waals surface area contributed by atoms with Crippen LogP contribution < -0.4 is 20.9 Å². The van der Waals surface area contributed by atoms with Gasteiger partial charge in [0.05, 0.1) is 11.4 Å². The van der Waals surface area contributed by atoms with Crippen LogP contribution in [-0.2, 0) is 20.8 Å². The van der Waals surface area contributed by atoms with E-state index >= 15 is 0 Å². The largest absolute Gasteiger partial charge is 0.479 e. The number of carbonyl (C=O) groups is 4. The molecule has 0 radical (unpaired) electrons. The molecule has 0 aromatic heterocycles. The van der Waals surface area contributed by atoms with Crippen LogP contribution in [0.2, 0.25) is 0 Å². The van der Waals surface area contributed by atoms with Gasteiger partial charge in [-0.05, 0) is 23.3 Å². The minimum absolute atomic E-state index is 0.126. The summed E-state index contributed by atoms with van der Waals surface area (Å²) in [6.07, 6.45) is 0.126. The molecular formula is C26H24N4O5. The van der Waals surface area contributed by atoms with Crippen molar-refractivity contribution in [3.8, 4) is 0 Å². The van der Waals surface area contributed by atoms with Gasteiger partial charge in [0, 0.05) is 6.42 Å². The van der Waals surface area contributed by atoms with Crippen LogP contribution in [0.15, 0.2) is 84.9 Å². The average molecular weight is 473 g/mol. The summed E-state index contributed by atoms with van der Waals surface area (Å²) in [6, 6.07) is 21.2. The predicted octanol–water partition coefficient (Wildman–Crippen LogP) is 2.71. The van der Waals surface area contributed by atoms with Crippen LogP contribution in [0.25, 0.3) is 0 Å². The van der Waals surface area contributed by atoms with Gasteiger partial charge >= 0.3 is 12.0 Å². The Labute approximate surface area is 201 Å². The van der Waals surface area contributed by atoms with Crippen molar-refractivity contribution in [2.24, 2.45) is 0 Å². The van der Waals surface area contributed by atoms with E-state index in [1.807, 2.05) is 18.2 Å². The van der Waals surface area contributed by atoms with Gasteiger partial charge in [0.15, 0.2) is 6.04 Å². The molecule has 4 amide bonds. The van der Waals surface area contributed by atoms with Crippen molar-refractivity contribution in [2.45, 2.75) is 18.5 Å². The quantitative estimate of drug-likeness (QED) is 0.420. The zero-order valence-corrected chi connectivity index (χ0v) is 18.7. The summed E-state index contributed by atoms with van der Waals surface area (Å²) in [7, 11) is 0. The van der Waals surface area contributed by atoms with E-state index in [0.29, 0.717) is 16.9 Å². The lowest BCUT2D eigenvalue weighted by Gasteiger charge is -2.31. The molecule has 4 rings (SSSR count). The molecule has 1 aliphatic rings. The van der Waals surface area contributed by atoms with Gasteiger partial charge in [-0.2, -0.15) is 0 Å². The van der Waals surface area contributed by atoms with E-state index in [-0.39, 0.29) is 18.9 Å². The molecule has 178 valence electrons. The molecule has 0 unspecified atom stereocenters. The number of urea groups is 1. The van der Waals surface area contributed by atoms with Crippen LogP contribution in [0.5, 0.6) is 0 Å². The Kier molecular flexibility index (Phi) is 7.06. The molecule has 0 saturated carbocycles. The number of benzene rings is 3. The Morgan fingerprint density at radius 1 is 0.886 bits per heavy atom. The first-order chi connectivity index (χ1) is 16.9. The standard InChI is InChI=1S/C26H24N4O5/c31-22-16-30(21-14-8-7-13-19(21)27-22)26(35)28-20(15-17-9-3-1-4-10-17)24(32)29-23(25(33)34)18-11-5-2-6-12-18/h1-14,20,23H,15-16H2,(H,27,31)(H,28,35)(H,29,32)(H,33,34)/t20-,23-/m0/s1. The lowest BCUT2D eigenvalue weighted by atomic mass is 10.0. The van der Waals surface area contributed by atoms with Gasteiger partial charge in [-0.3, -0.25) is 14.5 Å². The van der Waals surface area contributed by atoms with Crippen molar-refractivity contribution < 1.29 is 24.3 Å². The lowest BCUT2D eigenvalue weighted by Crippen LogP contribution is -2.55. The first kappa shape index (κ1) is 23.5. The third-order valence-electron chi connectivity index (χ3n) is 5.58. The highest BCUT2D eigenvalue weighted by atomic mass is 16.4. The van der Waals surface area contributed by atoms with Gasteiger partial charge in [-0.25, -0.2) is 9.59 Å². The van der Waals surface area contributed by atoms with E-state index in [2.05, 4.69) is 16.0 Å². The van der Waals surface area contributed by atoms with Crippen molar-refractivity contribution >= 4 is 35.2 Å². The van der Waals surface area contributed by atoms with Crippen LogP contribution in [0.1, 0.15) is 17.2 Å². The van der Waals surface area contributed by atoms with E-state index < -0.39 is 30.0 Å². The maximum absolute atomic E-state index is 13.3. The van der Waals surface area contributed by atoms with Gasteiger partial charge in [-0.15, -0.1) is 0 Å². The second-order valence-electron chi connectivity index (χ2n) is 8.03. The summed E-state index contributed by atoms with van der Waals surface area (Å²) in [4.78, 5) is 51.8. The van der Waals surface area contributed by atoms with Crippen LogP contribution >= 0.6 is 0 Å². The summed E-state index contributed by atoms with van der Waals surface area (Å²) < 4.78 is 0. The zero-order valence-electron chi connectivity index (χ0n) is 18.7. The van der Waals surface area contributed by atoms with Gasteiger partial charge in [0.1, 0.15) is 12.6 Å². The van der Waals surface area contributed by atoms with E-state index in [1.165, 1.54) is 4.90 Å². The maximum atomic E-state index is 13.3. The summed E-state index contributed by atoms with van der Waals surface area (Å²) in [6.45, 7) is -0.218. The van der Waals surface area contributed by atoms with Gasteiger partial charge in [-0.1, -0.05) is 72.8 Å². The summed E-state index contributed by atoms with van der Waals surface area (Å²) in [5, 5.41) is 17.7. The smallest absolute Gasteiger partial charge is 0.330 e. The van der Waals surface area contributed by atoms with Crippen LogP contribution in [0.3, 0.4) is 0 Å². The molecule has 9 nitrogen and oxygen atoms in total. The summed E-state index contributed by atoms with van der Waals surface area (Å²) in [5.41, 5.74) is 2.16. The Balaban J connectivity index is 1.58. The SMILES string of the molecule is O=C1CN(C(=O)N[C@@H](Cc2ccccc2)C(=O)N[C@H](C(=O)O)c2ccccc2)c2ccccc2N1. The Morgan fingerprint density at radius 2 is 1.51 bits per heavy atom. The van der Waals surface area contributed by atoms with E-state index in [1.54, 1.807) is 66.7 Å². The molecule has 0 aliphatic carbocycles. The molecular weight excluding hydrogens is 448 g/mol. The van der Waals surface area contributed by atoms with Crippen molar-refractivity contribution in [1.29, 1.82) is 0 Å². The average Bonchev–Trinajstić information content (AvgIpc) is 2.87. The van der Waals surface area contributed by atoms with Crippen LogP contribution in [0, 0.1) is 0 Å². The normalized spacial score (nSPS) is 14.2. The molecule has 4 N–H and O–H groups in total. The van der Waals surface area contributed by atoms with E-state index in [4.69, 9.17) is 0 Å². The molecule has 2 atom stereocenters. The van der Waals surface area contributed by atoms with Gasteiger partial charge in [0.2, 0.25) is 11.8 Å². The number of fused-ring (bicyclic) bond motifs is 1. The van der Waals surface area contributed by atoms with Crippen molar-refractivity contribution in [2.75, 3.05) is 16.8 Å². The monoisotopic (exact) mass is 472 g/mol. The van der Waals surface area contributed by atoms with Crippen LogP contribution in [0.4, 0.5) is 16.2 Å². The first-order valence-corrected chi connectivity index (χ1v) is 11.0. The highest BCUT2D eigenvalue weighted by molar-refractivity contribution is 6.10. The fraction of sp³-hybridized carbons (Fsp3) is 0.154. The number of nitrogens with one attached hydrogen (secondary N) is 3. The molecule has 3 aromatic rings. The number of aliphatic carboxylic acids is 1. The Hall–Kier alpha value is -4.66. The highest BCUT2D eigenvalue weighted by Crippen LogP contribution is 2.29. The van der Waals surface area contributed by atoms with Crippen molar-refractivity contribution in [1.82, 2.24) is 10.6 Å². The number of amides is 4. The molecule has 0 saturated heterocycles. The number of para-hydroxylation sites is 2. The Morgan fingerprint density at radius 3 is 2.20 bits per heavy atom. The number of carboxylic acids is 1. The maximum Gasteiger partial charge on any atom is 0.330 e. The van der Waals surface area contributed by atoms with Gasteiger partial charge < -0.3 is 21.1 Å². The van der Waals surface area contributed by atoms with Crippen LogP contribution in [-0.4, -0.2) is 41.5 Å². The van der Waals surface area contributed by atoms with Gasteiger partial charge in [0.25, 0.3) is 0 Å². The topological polar surface area (TPSA) is 128 Å². The molecule has 1 heterocycles.